The third-order valence-corrected chi connectivity index (χ3v) is 6.33. The summed E-state index contributed by atoms with van der Waals surface area (Å²) >= 11 is 0. The van der Waals surface area contributed by atoms with Gasteiger partial charge in [0.05, 0.1) is 11.7 Å². The highest BCUT2D eigenvalue weighted by atomic mass is 32.2. The lowest BCUT2D eigenvalue weighted by atomic mass is 10.1. The summed E-state index contributed by atoms with van der Waals surface area (Å²) in [6, 6.07) is 6.61. The van der Waals surface area contributed by atoms with Gasteiger partial charge in [0.2, 0.25) is 5.91 Å². The first-order valence-electron chi connectivity index (χ1n) is 6.24. The van der Waals surface area contributed by atoms with Gasteiger partial charge in [-0.3, -0.25) is 9.59 Å². The van der Waals surface area contributed by atoms with Gasteiger partial charge in [-0.25, -0.2) is 8.42 Å². The fourth-order valence-electron chi connectivity index (χ4n) is 2.71. The number of fused-ring (bicyclic) bond motifs is 2. The van der Waals surface area contributed by atoms with Crippen molar-refractivity contribution >= 4 is 27.4 Å². The quantitative estimate of drug-likeness (QED) is 0.861. The highest BCUT2D eigenvalue weighted by Gasteiger charge is 2.57. The zero-order valence-corrected chi connectivity index (χ0v) is 11.3. The summed E-state index contributed by atoms with van der Waals surface area (Å²) < 4.78 is 23.4. The van der Waals surface area contributed by atoms with Crippen molar-refractivity contribution < 1.29 is 23.1 Å². The van der Waals surface area contributed by atoms with Crippen molar-refractivity contribution in [3.8, 4) is 0 Å². The van der Waals surface area contributed by atoms with Crippen molar-refractivity contribution in [2.75, 3.05) is 11.4 Å². The van der Waals surface area contributed by atoms with Crippen LogP contribution in [0.2, 0.25) is 0 Å². The topological polar surface area (TPSA) is 91.8 Å². The number of piperidine rings is 1. The van der Waals surface area contributed by atoms with Crippen LogP contribution < -0.4 is 4.90 Å². The molecule has 1 aromatic rings. The number of aliphatic carboxylic acids is 1. The standard InChI is InChI=1S/C13H13NO5S/c15-12(16)5-8-1-3-9(4-2-8)14-7-10-6-11(13(14)17)20(10,18)19/h1-4,10-11H,5-7H2,(H,15,16). The van der Waals surface area contributed by atoms with Crippen LogP contribution in [0.25, 0.3) is 0 Å². The zero-order chi connectivity index (χ0) is 14.5. The lowest BCUT2D eigenvalue weighted by Crippen LogP contribution is -2.65. The van der Waals surface area contributed by atoms with Gasteiger partial charge in [-0.15, -0.1) is 0 Å². The fraction of sp³-hybridized carbons (Fsp3) is 0.385. The molecule has 106 valence electrons. The largest absolute Gasteiger partial charge is 0.481 e. The molecule has 0 spiro atoms. The number of sulfone groups is 1. The van der Waals surface area contributed by atoms with E-state index in [9.17, 15) is 18.0 Å². The summed E-state index contributed by atoms with van der Waals surface area (Å²) in [5.74, 6) is -1.29. The Kier molecular flexibility index (Phi) is 2.82. The van der Waals surface area contributed by atoms with Crippen molar-refractivity contribution in [1.82, 2.24) is 0 Å². The number of nitrogens with zero attached hydrogens (tertiary/aromatic N) is 1. The van der Waals surface area contributed by atoms with Gasteiger partial charge in [-0.1, -0.05) is 12.1 Å². The molecule has 2 unspecified atom stereocenters. The molecule has 3 aliphatic heterocycles. The molecular formula is C13H13NO5S. The van der Waals surface area contributed by atoms with E-state index >= 15 is 0 Å². The Balaban J connectivity index is 1.81. The number of hydrogen-bond donors (Lipinski definition) is 1. The van der Waals surface area contributed by atoms with Crippen LogP contribution in [-0.4, -0.2) is 42.4 Å². The minimum Gasteiger partial charge on any atom is -0.481 e. The maximum atomic E-state index is 12.1. The lowest BCUT2D eigenvalue weighted by molar-refractivity contribution is -0.136. The molecule has 3 aliphatic rings. The van der Waals surface area contributed by atoms with Crippen molar-refractivity contribution in [3.05, 3.63) is 29.8 Å². The molecule has 3 saturated heterocycles. The zero-order valence-electron chi connectivity index (χ0n) is 10.5. The third-order valence-electron chi connectivity index (χ3n) is 3.87. The van der Waals surface area contributed by atoms with Crippen molar-refractivity contribution in [2.24, 2.45) is 0 Å². The molecule has 20 heavy (non-hydrogen) atoms. The molecule has 1 N–H and O–H groups in total. The van der Waals surface area contributed by atoms with E-state index in [1.165, 1.54) is 4.90 Å². The third kappa shape index (κ3) is 1.89. The van der Waals surface area contributed by atoms with E-state index in [1.807, 2.05) is 0 Å². The smallest absolute Gasteiger partial charge is 0.307 e. The summed E-state index contributed by atoms with van der Waals surface area (Å²) in [5.41, 5.74) is 1.26. The van der Waals surface area contributed by atoms with Gasteiger partial charge in [-0.05, 0) is 24.1 Å². The summed E-state index contributed by atoms with van der Waals surface area (Å²) in [5, 5.41) is 7.35. The predicted octanol–water partition coefficient (Wildman–Crippen LogP) is 0.216. The molecule has 3 fully saturated rings. The summed E-state index contributed by atoms with van der Waals surface area (Å²) in [4.78, 5) is 24.2. The monoisotopic (exact) mass is 295 g/mol. The van der Waals surface area contributed by atoms with Crippen LogP contribution in [0.4, 0.5) is 5.69 Å². The average Bonchev–Trinajstić information content (AvgIpc) is 2.38. The van der Waals surface area contributed by atoms with E-state index in [0.717, 1.165) is 0 Å². The number of benzene rings is 1. The van der Waals surface area contributed by atoms with Crippen LogP contribution in [0.5, 0.6) is 0 Å². The number of rotatable bonds is 3. The Labute approximate surface area is 115 Å². The Morgan fingerprint density at radius 3 is 2.45 bits per heavy atom. The molecule has 7 heteroatoms. The highest BCUT2D eigenvalue weighted by molar-refractivity contribution is 7.95. The van der Waals surface area contributed by atoms with Crippen LogP contribution in [-0.2, 0) is 25.8 Å². The first kappa shape index (κ1) is 13.1. The molecule has 2 atom stereocenters. The van der Waals surface area contributed by atoms with Crippen molar-refractivity contribution in [2.45, 2.75) is 23.3 Å². The Morgan fingerprint density at radius 1 is 1.30 bits per heavy atom. The molecule has 0 aromatic heterocycles. The average molecular weight is 295 g/mol. The number of hydrogen-bond acceptors (Lipinski definition) is 4. The number of anilines is 1. The number of amides is 1. The minimum atomic E-state index is -3.25. The molecule has 1 amide bonds. The van der Waals surface area contributed by atoms with E-state index < -0.39 is 26.3 Å². The molecule has 2 bridgehead atoms. The molecule has 4 rings (SSSR count). The molecule has 0 aliphatic carbocycles. The second kappa shape index (κ2) is 4.31. The van der Waals surface area contributed by atoms with Crippen LogP contribution in [0.1, 0.15) is 12.0 Å². The van der Waals surface area contributed by atoms with Crippen LogP contribution in [0.15, 0.2) is 24.3 Å². The van der Waals surface area contributed by atoms with Gasteiger partial charge in [0.1, 0.15) is 5.25 Å². The summed E-state index contributed by atoms with van der Waals surface area (Å²) in [6.45, 7) is 0.190. The first-order chi connectivity index (χ1) is 9.39. The second-order valence-corrected chi connectivity index (χ2v) is 7.53. The van der Waals surface area contributed by atoms with Crippen molar-refractivity contribution in [3.63, 3.8) is 0 Å². The van der Waals surface area contributed by atoms with Gasteiger partial charge in [0.25, 0.3) is 0 Å². The molecule has 0 saturated carbocycles. The van der Waals surface area contributed by atoms with Gasteiger partial charge >= 0.3 is 5.97 Å². The minimum absolute atomic E-state index is 0.0755. The molecule has 1 aromatic carbocycles. The number of carboxylic acids is 1. The fourth-order valence-corrected chi connectivity index (χ4v) is 4.54. The lowest BCUT2D eigenvalue weighted by Gasteiger charge is -2.45. The highest BCUT2D eigenvalue weighted by Crippen LogP contribution is 2.38. The van der Waals surface area contributed by atoms with Crippen molar-refractivity contribution in [1.29, 1.82) is 0 Å². The van der Waals surface area contributed by atoms with Gasteiger partial charge in [-0.2, -0.15) is 0 Å². The maximum Gasteiger partial charge on any atom is 0.307 e. The summed E-state index contributed by atoms with van der Waals surface area (Å²) in [6.07, 6.45) is 0.350. The number of carbonyl (C=O) groups is 2. The predicted molar refractivity (Wildman–Crippen MR) is 71.2 cm³/mol. The molecule has 6 nitrogen and oxygen atoms in total. The Bertz CT molecular complexity index is 679. The number of carboxylic acid groups (broad SMARTS) is 1. The normalized spacial score (nSPS) is 27.0. The van der Waals surface area contributed by atoms with Crippen LogP contribution in [0, 0.1) is 0 Å². The molecule has 3 heterocycles. The van der Waals surface area contributed by atoms with Crippen LogP contribution in [0.3, 0.4) is 0 Å². The Hall–Kier alpha value is -1.89. The van der Waals surface area contributed by atoms with E-state index in [-0.39, 0.29) is 18.9 Å². The van der Waals surface area contributed by atoms with E-state index in [0.29, 0.717) is 17.7 Å². The van der Waals surface area contributed by atoms with E-state index in [4.69, 9.17) is 5.11 Å². The molecule has 0 radical (unpaired) electrons. The van der Waals surface area contributed by atoms with Crippen LogP contribution >= 0.6 is 0 Å². The van der Waals surface area contributed by atoms with Gasteiger partial charge in [0, 0.05) is 12.2 Å². The molecular weight excluding hydrogens is 282 g/mol. The summed E-state index contributed by atoms with van der Waals surface area (Å²) in [7, 11) is -3.25. The Morgan fingerprint density at radius 2 is 1.95 bits per heavy atom. The first-order valence-corrected chi connectivity index (χ1v) is 7.85. The van der Waals surface area contributed by atoms with E-state index in [2.05, 4.69) is 0 Å². The van der Waals surface area contributed by atoms with E-state index in [1.54, 1.807) is 24.3 Å². The maximum absolute atomic E-state index is 12.1. The SMILES string of the molecule is O=C(O)Cc1ccc(N2CC3CC(C2=O)S3(=O)=O)cc1. The number of carbonyl (C=O) groups excluding carboxylic acids is 1. The van der Waals surface area contributed by atoms with Gasteiger partial charge in [0.15, 0.2) is 9.84 Å². The second-order valence-electron chi connectivity index (χ2n) is 5.12. The van der Waals surface area contributed by atoms with Gasteiger partial charge < -0.3 is 10.0 Å².